The van der Waals surface area contributed by atoms with Crippen molar-refractivity contribution >= 4 is 40.5 Å². The maximum Gasteiger partial charge on any atom is 0.257 e. The predicted octanol–water partition coefficient (Wildman–Crippen LogP) is 4.63. The summed E-state index contributed by atoms with van der Waals surface area (Å²) in [5.41, 5.74) is 2.14. The highest BCUT2D eigenvalue weighted by molar-refractivity contribution is 6.33. The zero-order valence-corrected chi connectivity index (χ0v) is 14.1. The third-order valence-electron chi connectivity index (χ3n) is 3.89. The summed E-state index contributed by atoms with van der Waals surface area (Å²) in [5, 5.41) is 3.83. The van der Waals surface area contributed by atoms with Crippen LogP contribution >= 0.6 is 23.2 Å². The van der Waals surface area contributed by atoms with Crippen LogP contribution in [0.25, 0.3) is 0 Å². The number of benzene rings is 1. The molecule has 1 amide bonds. The number of pyridine rings is 1. The van der Waals surface area contributed by atoms with Gasteiger partial charge >= 0.3 is 0 Å². The molecule has 0 saturated carbocycles. The molecule has 1 saturated heterocycles. The van der Waals surface area contributed by atoms with Gasteiger partial charge in [0.1, 0.15) is 5.15 Å². The van der Waals surface area contributed by atoms with E-state index < -0.39 is 0 Å². The maximum atomic E-state index is 12.2. The average molecular weight is 350 g/mol. The van der Waals surface area contributed by atoms with Gasteiger partial charge in [-0.15, -0.1) is 0 Å². The highest BCUT2D eigenvalue weighted by Gasteiger charge is 2.15. The molecule has 1 aromatic heterocycles. The maximum absolute atomic E-state index is 12.2. The fourth-order valence-electron chi connectivity index (χ4n) is 2.69. The van der Waals surface area contributed by atoms with Gasteiger partial charge in [-0.25, -0.2) is 4.98 Å². The molecular weight excluding hydrogens is 333 g/mol. The van der Waals surface area contributed by atoms with Gasteiger partial charge in [-0.05, 0) is 49.6 Å². The van der Waals surface area contributed by atoms with E-state index in [-0.39, 0.29) is 5.91 Å². The minimum absolute atomic E-state index is 0.240. The van der Waals surface area contributed by atoms with Crippen LogP contribution in [0, 0.1) is 0 Å². The van der Waals surface area contributed by atoms with Gasteiger partial charge in [-0.1, -0.05) is 23.2 Å². The molecule has 3 rings (SSSR count). The SMILES string of the molecule is O=C(Nc1ccc(N2CCCCC2)c(Cl)c1)c1ccc(Cl)nc1. The van der Waals surface area contributed by atoms with E-state index in [2.05, 4.69) is 15.2 Å². The molecule has 0 aliphatic carbocycles. The Morgan fingerprint density at radius 2 is 1.87 bits per heavy atom. The molecule has 0 atom stereocenters. The van der Waals surface area contributed by atoms with Gasteiger partial charge in [-0.3, -0.25) is 4.79 Å². The summed E-state index contributed by atoms with van der Waals surface area (Å²) < 4.78 is 0. The lowest BCUT2D eigenvalue weighted by atomic mass is 10.1. The van der Waals surface area contributed by atoms with E-state index in [1.807, 2.05) is 12.1 Å². The third-order valence-corrected chi connectivity index (χ3v) is 4.42. The van der Waals surface area contributed by atoms with Crippen molar-refractivity contribution in [2.75, 3.05) is 23.3 Å². The van der Waals surface area contributed by atoms with Crippen LogP contribution < -0.4 is 10.2 Å². The highest BCUT2D eigenvalue weighted by Crippen LogP contribution is 2.31. The smallest absolute Gasteiger partial charge is 0.257 e. The van der Waals surface area contributed by atoms with Crippen molar-refractivity contribution in [3.8, 4) is 0 Å². The molecule has 0 radical (unpaired) electrons. The van der Waals surface area contributed by atoms with Crippen LogP contribution in [0.4, 0.5) is 11.4 Å². The fourth-order valence-corrected chi connectivity index (χ4v) is 3.10. The molecule has 1 aliphatic heterocycles. The first kappa shape index (κ1) is 16.1. The standard InChI is InChI=1S/C17H17Cl2N3O/c18-14-10-13(5-6-15(14)22-8-2-1-3-9-22)21-17(23)12-4-7-16(19)20-11-12/h4-7,10-11H,1-3,8-9H2,(H,21,23). The van der Waals surface area contributed by atoms with Gasteiger partial charge in [0, 0.05) is 25.0 Å². The molecule has 1 N–H and O–H groups in total. The van der Waals surface area contributed by atoms with Gasteiger partial charge in [0.2, 0.25) is 0 Å². The van der Waals surface area contributed by atoms with E-state index in [1.165, 1.54) is 25.5 Å². The summed E-state index contributed by atoms with van der Waals surface area (Å²) in [5.74, 6) is -0.240. The second kappa shape index (κ2) is 7.20. The Balaban J connectivity index is 1.72. The van der Waals surface area contributed by atoms with E-state index >= 15 is 0 Å². The van der Waals surface area contributed by atoms with Gasteiger partial charge in [0.05, 0.1) is 16.3 Å². The number of hydrogen-bond acceptors (Lipinski definition) is 3. The van der Waals surface area contributed by atoms with Crippen LogP contribution in [0.15, 0.2) is 36.5 Å². The fraction of sp³-hybridized carbons (Fsp3) is 0.294. The first-order valence-corrected chi connectivity index (χ1v) is 8.36. The summed E-state index contributed by atoms with van der Waals surface area (Å²) in [6, 6.07) is 8.84. The molecule has 120 valence electrons. The number of rotatable bonds is 3. The highest BCUT2D eigenvalue weighted by atomic mass is 35.5. The summed E-state index contributed by atoms with van der Waals surface area (Å²) in [4.78, 5) is 18.4. The molecule has 1 fully saturated rings. The van der Waals surface area contributed by atoms with E-state index in [0.717, 1.165) is 18.8 Å². The van der Waals surface area contributed by atoms with Gasteiger partial charge in [0.25, 0.3) is 5.91 Å². The van der Waals surface area contributed by atoms with Crippen LogP contribution in [-0.2, 0) is 0 Å². The van der Waals surface area contributed by atoms with Crippen molar-refractivity contribution in [3.05, 3.63) is 52.3 Å². The second-order valence-corrected chi connectivity index (χ2v) is 6.33. The van der Waals surface area contributed by atoms with Gasteiger partial charge in [0.15, 0.2) is 0 Å². The van der Waals surface area contributed by atoms with E-state index in [1.54, 1.807) is 18.2 Å². The molecule has 1 aliphatic rings. The summed E-state index contributed by atoms with van der Waals surface area (Å²) >= 11 is 12.1. The van der Waals surface area contributed by atoms with Crippen molar-refractivity contribution in [1.29, 1.82) is 0 Å². The van der Waals surface area contributed by atoms with Crippen LogP contribution in [0.2, 0.25) is 10.2 Å². The number of carbonyl (C=O) groups excluding carboxylic acids is 1. The Morgan fingerprint density at radius 3 is 2.52 bits per heavy atom. The number of piperidine rings is 1. The normalized spacial score (nSPS) is 14.6. The Bertz CT molecular complexity index is 697. The second-order valence-electron chi connectivity index (χ2n) is 5.54. The number of aromatic nitrogens is 1. The molecule has 4 nitrogen and oxygen atoms in total. The summed E-state index contributed by atoms with van der Waals surface area (Å²) in [6.07, 6.45) is 5.11. The van der Waals surface area contributed by atoms with E-state index in [4.69, 9.17) is 23.2 Å². The van der Waals surface area contributed by atoms with Gasteiger partial charge < -0.3 is 10.2 Å². The average Bonchev–Trinajstić information content (AvgIpc) is 2.56. The molecule has 6 heteroatoms. The molecule has 2 heterocycles. The van der Waals surface area contributed by atoms with Crippen LogP contribution in [0.1, 0.15) is 29.6 Å². The molecule has 0 bridgehead atoms. The Hall–Kier alpha value is -1.78. The molecule has 0 unspecified atom stereocenters. The Labute approximate surface area is 145 Å². The van der Waals surface area contributed by atoms with Crippen molar-refractivity contribution in [2.24, 2.45) is 0 Å². The number of hydrogen-bond donors (Lipinski definition) is 1. The summed E-state index contributed by atoms with van der Waals surface area (Å²) in [6.45, 7) is 2.06. The Kier molecular flexibility index (Phi) is 5.03. The van der Waals surface area contributed by atoms with Crippen molar-refractivity contribution in [3.63, 3.8) is 0 Å². The first-order valence-electron chi connectivity index (χ1n) is 7.61. The molecule has 1 aromatic carbocycles. The molecule has 0 spiro atoms. The van der Waals surface area contributed by atoms with Crippen LogP contribution in [0.3, 0.4) is 0 Å². The summed E-state index contributed by atoms with van der Waals surface area (Å²) in [7, 11) is 0. The molecule has 2 aromatic rings. The largest absolute Gasteiger partial charge is 0.370 e. The van der Waals surface area contributed by atoms with Crippen LogP contribution in [0.5, 0.6) is 0 Å². The number of nitrogens with one attached hydrogen (secondary N) is 1. The zero-order chi connectivity index (χ0) is 16.2. The van der Waals surface area contributed by atoms with E-state index in [0.29, 0.717) is 21.4 Å². The Morgan fingerprint density at radius 1 is 1.09 bits per heavy atom. The van der Waals surface area contributed by atoms with Crippen LogP contribution in [-0.4, -0.2) is 24.0 Å². The van der Waals surface area contributed by atoms with Crippen molar-refractivity contribution in [2.45, 2.75) is 19.3 Å². The van der Waals surface area contributed by atoms with E-state index in [9.17, 15) is 4.79 Å². The quantitative estimate of drug-likeness (QED) is 0.821. The van der Waals surface area contributed by atoms with Gasteiger partial charge in [-0.2, -0.15) is 0 Å². The molecule has 23 heavy (non-hydrogen) atoms. The lowest BCUT2D eigenvalue weighted by Gasteiger charge is -2.29. The number of anilines is 2. The number of carbonyl (C=O) groups is 1. The minimum Gasteiger partial charge on any atom is -0.370 e. The van der Waals surface area contributed by atoms with Crippen molar-refractivity contribution in [1.82, 2.24) is 4.98 Å². The first-order chi connectivity index (χ1) is 11.1. The lowest BCUT2D eigenvalue weighted by Crippen LogP contribution is -2.29. The third kappa shape index (κ3) is 3.95. The monoisotopic (exact) mass is 349 g/mol. The number of halogens is 2. The predicted molar refractivity (Wildman–Crippen MR) is 94.7 cm³/mol. The zero-order valence-electron chi connectivity index (χ0n) is 12.6. The van der Waals surface area contributed by atoms with Crippen molar-refractivity contribution < 1.29 is 4.79 Å². The molecular formula is C17H17Cl2N3O. The number of nitrogens with zero attached hydrogens (tertiary/aromatic N) is 2. The number of amides is 1. The lowest BCUT2D eigenvalue weighted by molar-refractivity contribution is 0.102. The minimum atomic E-state index is -0.240. The topological polar surface area (TPSA) is 45.2 Å².